The van der Waals surface area contributed by atoms with Gasteiger partial charge in [-0.3, -0.25) is 9.59 Å². The Morgan fingerprint density at radius 3 is 2.73 bits per heavy atom. The van der Waals surface area contributed by atoms with Crippen LogP contribution in [-0.4, -0.2) is 10.9 Å². The Bertz CT molecular complexity index is 448. The highest BCUT2D eigenvalue weighted by Crippen LogP contribution is 2.17. The molecule has 0 unspecified atom stereocenters. The third-order valence-corrected chi connectivity index (χ3v) is 2.85. The molecule has 0 saturated heterocycles. The molecule has 1 aliphatic rings. The van der Waals surface area contributed by atoms with E-state index in [2.05, 4.69) is 4.98 Å². The van der Waals surface area contributed by atoms with E-state index in [-0.39, 0.29) is 11.1 Å². The van der Waals surface area contributed by atoms with Crippen LogP contribution in [0, 0.1) is 0 Å². The topological polar surface area (TPSA) is 76.0 Å². The van der Waals surface area contributed by atoms with Crippen molar-refractivity contribution in [3.63, 3.8) is 0 Å². The summed E-state index contributed by atoms with van der Waals surface area (Å²) in [5.41, 5.74) is 6.89. The summed E-state index contributed by atoms with van der Waals surface area (Å²) in [4.78, 5) is 25.2. The number of aryl methyl sites for hydroxylation is 2. The molecular weight excluding hydrogens is 192 g/mol. The summed E-state index contributed by atoms with van der Waals surface area (Å²) in [5.74, 6) is -0.650. The Balaban J connectivity index is 2.52. The van der Waals surface area contributed by atoms with Crippen LogP contribution in [0.2, 0.25) is 0 Å². The molecule has 0 radical (unpaired) electrons. The lowest BCUT2D eigenvalue weighted by Crippen LogP contribution is -2.25. The van der Waals surface area contributed by atoms with E-state index < -0.39 is 5.91 Å². The standard InChI is InChI=1S/C11H14N2O2/c12-10(14)8-6-7-4-2-1-3-5-9(7)13-11(8)15/h6H,1-5H2,(H2,12,14)(H,13,15). The van der Waals surface area contributed by atoms with Crippen molar-refractivity contribution < 1.29 is 4.79 Å². The molecule has 80 valence electrons. The number of aromatic amines is 1. The second-order valence-corrected chi connectivity index (χ2v) is 3.94. The van der Waals surface area contributed by atoms with Crippen molar-refractivity contribution in [3.05, 3.63) is 33.2 Å². The molecule has 1 aromatic heterocycles. The average Bonchev–Trinajstić information content (AvgIpc) is 2.40. The maximum Gasteiger partial charge on any atom is 0.261 e. The van der Waals surface area contributed by atoms with Crippen molar-refractivity contribution in [1.29, 1.82) is 0 Å². The molecule has 15 heavy (non-hydrogen) atoms. The summed E-state index contributed by atoms with van der Waals surface area (Å²) >= 11 is 0. The van der Waals surface area contributed by atoms with Crippen molar-refractivity contribution in [2.75, 3.05) is 0 Å². The number of nitrogens with two attached hydrogens (primary N) is 1. The predicted molar refractivity (Wildman–Crippen MR) is 56.8 cm³/mol. The van der Waals surface area contributed by atoms with Gasteiger partial charge in [0.1, 0.15) is 5.56 Å². The number of amides is 1. The molecule has 0 aliphatic heterocycles. The Hall–Kier alpha value is -1.58. The lowest BCUT2D eigenvalue weighted by atomic mass is 10.1. The Kier molecular flexibility index (Phi) is 2.58. The fourth-order valence-electron chi connectivity index (χ4n) is 2.03. The van der Waals surface area contributed by atoms with Crippen LogP contribution in [0.15, 0.2) is 10.9 Å². The Morgan fingerprint density at radius 1 is 1.27 bits per heavy atom. The number of nitrogens with one attached hydrogen (secondary N) is 1. The number of H-pyrrole nitrogens is 1. The molecule has 1 heterocycles. The lowest BCUT2D eigenvalue weighted by molar-refractivity contribution is 0.0998. The van der Waals surface area contributed by atoms with Crippen LogP contribution in [0.4, 0.5) is 0 Å². The molecule has 0 atom stereocenters. The second-order valence-electron chi connectivity index (χ2n) is 3.94. The zero-order chi connectivity index (χ0) is 10.8. The molecule has 0 aromatic carbocycles. The van der Waals surface area contributed by atoms with Gasteiger partial charge >= 0.3 is 0 Å². The van der Waals surface area contributed by atoms with Crippen LogP contribution in [0.1, 0.15) is 40.9 Å². The van der Waals surface area contributed by atoms with Gasteiger partial charge in [-0.1, -0.05) is 6.42 Å². The summed E-state index contributed by atoms with van der Waals surface area (Å²) in [7, 11) is 0. The van der Waals surface area contributed by atoms with Crippen molar-refractivity contribution in [1.82, 2.24) is 4.98 Å². The minimum atomic E-state index is -0.650. The molecule has 0 fully saturated rings. The first kappa shape index (κ1) is 9.96. The van der Waals surface area contributed by atoms with Gasteiger partial charge in [0, 0.05) is 5.69 Å². The number of hydrogen-bond donors (Lipinski definition) is 2. The van der Waals surface area contributed by atoms with Gasteiger partial charge in [0.05, 0.1) is 0 Å². The van der Waals surface area contributed by atoms with Crippen molar-refractivity contribution in [2.24, 2.45) is 5.73 Å². The van der Waals surface area contributed by atoms with Crippen molar-refractivity contribution in [2.45, 2.75) is 32.1 Å². The molecule has 1 amide bonds. The van der Waals surface area contributed by atoms with E-state index in [0.717, 1.165) is 36.9 Å². The van der Waals surface area contributed by atoms with Gasteiger partial charge in [-0.25, -0.2) is 0 Å². The molecule has 0 saturated carbocycles. The highest BCUT2D eigenvalue weighted by molar-refractivity contribution is 5.92. The van der Waals surface area contributed by atoms with E-state index in [4.69, 9.17) is 5.73 Å². The Morgan fingerprint density at radius 2 is 2.00 bits per heavy atom. The van der Waals surface area contributed by atoms with Crippen LogP contribution in [-0.2, 0) is 12.8 Å². The van der Waals surface area contributed by atoms with Gasteiger partial charge in [0.15, 0.2) is 0 Å². The normalized spacial score (nSPS) is 15.5. The molecule has 0 spiro atoms. The van der Waals surface area contributed by atoms with Crippen molar-refractivity contribution >= 4 is 5.91 Å². The minimum absolute atomic E-state index is 0.0793. The van der Waals surface area contributed by atoms with Crippen molar-refractivity contribution in [3.8, 4) is 0 Å². The van der Waals surface area contributed by atoms with Crippen LogP contribution in [0.25, 0.3) is 0 Å². The number of pyridine rings is 1. The maximum absolute atomic E-state index is 11.5. The molecule has 1 aliphatic carbocycles. The Labute approximate surface area is 87.5 Å². The fourth-order valence-corrected chi connectivity index (χ4v) is 2.03. The molecule has 4 nitrogen and oxygen atoms in total. The lowest BCUT2D eigenvalue weighted by Gasteiger charge is -2.06. The first-order chi connectivity index (χ1) is 7.18. The van der Waals surface area contributed by atoms with Gasteiger partial charge in [-0.15, -0.1) is 0 Å². The number of fused-ring (bicyclic) bond motifs is 1. The van der Waals surface area contributed by atoms with Gasteiger partial charge in [-0.2, -0.15) is 0 Å². The summed E-state index contributed by atoms with van der Waals surface area (Å²) in [6.45, 7) is 0. The predicted octanol–water partition coefficient (Wildman–Crippen LogP) is 0.743. The van der Waals surface area contributed by atoms with Gasteiger partial charge in [0.2, 0.25) is 0 Å². The SMILES string of the molecule is NC(=O)c1cc2c([nH]c1=O)CCCCC2. The molecule has 3 N–H and O–H groups in total. The van der Waals surface area contributed by atoms with Gasteiger partial charge in [-0.05, 0) is 37.3 Å². The second kappa shape index (κ2) is 3.88. The molecule has 1 aromatic rings. The number of carbonyl (C=O) groups is 1. The molecular formula is C11H14N2O2. The van der Waals surface area contributed by atoms with Gasteiger partial charge in [0.25, 0.3) is 11.5 Å². The first-order valence-corrected chi connectivity index (χ1v) is 5.23. The number of hydrogen-bond acceptors (Lipinski definition) is 2. The van der Waals surface area contributed by atoms with Crippen LogP contribution in [0.3, 0.4) is 0 Å². The quantitative estimate of drug-likeness (QED) is 0.665. The smallest absolute Gasteiger partial charge is 0.261 e. The zero-order valence-electron chi connectivity index (χ0n) is 8.51. The maximum atomic E-state index is 11.5. The highest BCUT2D eigenvalue weighted by Gasteiger charge is 2.13. The fraction of sp³-hybridized carbons (Fsp3) is 0.455. The van der Waals surface area contributed by atoms with E-state index in [9.17, 15) is 9.59 Å². The average molecular weight is 206 g/mol. The largest absolute Gasteiger partial charge is 0.365 e. The minimum Gasteiger partial charge on any atom is -0.365 e. The number of rotatable bonds is 1. The third-order valence-electron chi connectivity index (χ3n) is 2.85. The summed E-state index contributed by atoms with van der Waals surface area (Å²) < 4.78 is 0. The van der Waals surface area contributed by atoms with Crippen LogP contribution in [0.5, 0.6) is 0 Å². The van der Waals surface area contributed by atoms with E-state index in [1.807, 2.05) is 0 Å². The molecule has 2 rings (SSSR count). The number of aromatic nitrogens is 1. The van der Waals surface area contributed by atoms with E-state index in [1.54, 1.807) is 6.07 Å². The highest BCUT2D eigenvalue weighted by atomic mass is 16.2. The van der Waals surface area contributed by atoms with E-state index in [0.29, 0.717) is 0 Å². The molecule has 0 bridgehead atoms. The van der Waals surface area contributed by atoms with Gasteiger partial charge < -0.3 is 10.7 Å². The molecule has 4 heteroatoms. The first-order valence-electron chi connectivity index (χ1n) is 5.23. The van der Waals surface area contributed by atoms with E-state index >= 15 is 0 Å². The summed E-state index contributed by atoms with van der Waals surface area (Å²) in [6.07, 6.45) is 5.19. The van der Waals surface area contributed by atoms with E-state index in [1.165, 1.54) is 6.42 Å². The van der Waals surface area contributed by atoms with Crippen LogP contribution >= 0.6 is 0 Å². The summed E-state index contributed by atoms with van der Waals surface area (Å²) in [5, 5.41) is 0. The third kappa shape index (κ3) is 1.93. The summed E-state index contributed by atoms with van der Waals surface area (Å²) in [6, 6.07) is 1.65. The van der Waals surface area contributed by atoms with Crippen LogP contribution < -0.4 is 11.3 Å². The number of carbonyl (C=O) groups excluding carboxylic acids is 1. The monoisotopic (exact) mass is 206 g/mol. The zero-order valence-corrected chi connectivity index (χ0v) is 8.51. The number of primary amides is 1.